The van der Waals surface area contributed by atoms with Gasteiger partial charge < -0.3 is 14.2 Å². The van der Waals surface area contributed by atoms with Crippen LogP contribution < -0.4 is 19.6 Å². The van der Waals surface area contributed by atoms with Gasteiger partial charge in [-0.3, -0.25) is 9.36 Å². The molecule has 0 saturated heterocycles. The second kappa shape index (κ2) is 11.2. The number of aromatic nitrogens is 1. The van der Waals surface area contributed by atoms with Crippen LogP contribution in [0.25, 0.3) is 6.08 Å². The van der Waals surface area contributed by atoms with Crippen LogP contribution in [-0.4, -0.2) is 36.3 Å². The van der Waals surface area contributed by atoms with Crippen LogP contribution in [-0.2, 0) is 19.1 Å². The quantitative estimate of drug-likeness (QED) is 0.436. The molecule has 0 aliphatic carbocycles. The van der Waals surface area contributed by atoms with Crippen molar-refractivity contribution in [3.05, 3.63) is 96.7 Å². The Morgan fingerprint density at radius 2 is 1.72 bits per heavy atom. The number of ether oxygens (including phenoxy) is 3. The summed E-state index contributed by atoms with van der Waals surface area (Å²) in [6.07, 6.45) is 1.70. The molecule has 8 nitrogen and oxygen atoms in total. The Hall–Kier alpha value is -3.98. The van der Waals surface area contributed by atoms with E-state index in [0.717, 1.165) is 5.56 Å². The number of carbonyl (C=O) groups excluding carboxylic acids is 2. The number of esters is 2. The van der Waals surface area contributed by atoms with Gasteiger partial charge in [-0.25, -0.2) is 14.6 Å². The molecule has 0 bridgehead atoms. The van der Waals surface area contributed by atoms with Crippen molar-refractivity contribution < 1.29 is 23.8 Å². The summed E-state index contributed by atoms with van der Waals surface area (Å²) in [5.41, 5.74) is 1.96. The van der Waals surface area contributed by atoms with Gasteiger partial charge in [0, 0.05) is 5.56 Å². The first-order valence-corrected chi connectivity index (χ1v) is 12.4. The fraction of sp³-hybridized carbons (Fsp3) is 0.259. The molecular formula is C27H26N2O6S. The molecule has 1 aliphatic rings. The van der Waals surface area contributed by atoms with Gasteiger partial charge in [0.25, 0.3) is 5.56 Å². The van der Waals surface area contributed by atoms with Crippen molar-refractivity contribution in [2.45, 2.75) is 26.8 Å². The van der Waals surface area contributed by atoms with Crippen molar-refractivity contribution in [1.29, 1.82) is 0 Å². The van der Waals surface area contributed by atoms with Crippen molar-refractivity contribution in [2.24, 2.45) is 4.99 Å². The number of rotatable bonds is 8. The highest BCUT2D eigenvalue weighted by molar-refractivity contribution is 7.07. The summed E-state index contributed by atoms with van der Waals surface area (Å²) >= 11 is 1.22. The van der Waals surface area contributed by atoms with E-state index in [1.54, 1.807) is 45.0 Å². The molecule has 186 valence electrons. The highest BCUT2D eigenvalue weighted by atomic mass is 32.1. The third-order valence-electron chi connectivity index (χ3n) is 5.49. The van der Waals surface area contributed by atoms with Crippen molar-refractivity contribution in [3.8, 4) is 5.75 Å². The lowest BCUT2D eigenvalue weighted by Gasteiger charge is -2.24. The summed E-state index contributed by atoms with van der Waals surface area (Å²) in [6, 6.07) is 15.8. The summed E-state index contributed by atoms with van der Waals surface area (Å²) < 4.78 is 17.8. The van der Waals surface area contributed by atoms with Gasteiger partial charge in [0.1, 0.15) is 5.75 Å². The van der Waals surface area contributed by atoms with Gasteiger partial charge in [0.15, 0.2) is 11.4 Å². The van der Waals surface area contributed by atoms with Crippen molar-refractivity contribution in [1.82, 2.24) is 4.57 Å². The van der Waals surface area contributed by atoms with E-state index in [1.807, 2.05) is 36.4 Å². The van der Waals surface area contributed by atoms with Crippen LogP contribution >= 0.6 is 11.3 Å². The number of fused-ring (bicyclic) bond motifs is 1. The zero-order valence-electron chi connectivity index (χ0n) is 20.2. The van der Waals surface area contributed by atoms with Crippen LogP contribution in [0.3, 0.4) is 0 Å². The normalized spacial score (nSPS) is 15.2. The molecule has 4 rings (SSSR count). The van der Waals surface area contributed by atoms with Crippen LogP contribution in [0.4, 0.5) is 0 Å². The highest BCUT2D eigenvalue weighted by Gasteiger charge is 2.33. The van der Waals surface area contributed by atoms with Gasteiger partial charge in [-0.15, -0.1) is 0 Å². The average molecular weight is 507 g/mol. The summed E-state index contributed by atoms with van der Waals surface area (Å²) in [7, 11) is 0. The van der Waals surface area contributed by atoms with Gasteiger partial charge in [-0.1, -0.05) is 59.9 Å². The molecule has 2 heterocycles. The summed E-state index contributed by atoms with van der Waals surface area (Å²) in [6.45, 7) is 5.45. The van der Waals surface area contributed by atoms with Crippen LogP contribution in [0.2, 0.25) is 0 Å². The minimum Gasteiger partial charge on any atom is -0.481 e. The molecule has 0 amide bonds. The molecule has 0 fully saturated rings. The summed E-state index contributed by atoms with van der Waals surface area (Å²) in [5, 5.41) is 0. The molecule has 3 aromatic rings. The van der Waals surface area contributed by atoms with Crippen LogP contribution in [0.15, 0.2) is 75.7 Å². The largest absolute Gasteiger partial charge is 0.481 e. The SMILES string of the molecule is CCOC(=O)COc1ccccc1/C=c1\sc2n(c1=O)[C@@H](c1ccccc1)C(C(=O)OCC)=C(C)N=2. The number of benzene rings is 2. The maximum absolute atomic E-state index is 13.7. The predicted molar refractivity (Wildman–Crippen MR) is 135 cm³/mol. The number of thiazole rings is 1. The summed E-state index contributed by atoms with van der Waals surface area (Å²) in [4.78, 5) is 43.4. The van der Waals surface area contributed by atoms with Crippen molar-refractivity contribution >= 4 is 29.4 Å². The van der Waals surface area contributed by atoms with Gasteiger partial charge in [0.2, 0.25) is 0 Å². The topological polar surface area (TPSA) is 96.2 Å². The Labute approximate surface area is 211 Å². The number of hydrogen-bond donors (Lipinski definition) is 0. The molecule has 36 heavy (non-hydrogen) atoms. The monoisotopic (exact) mass is 506 g/mol. The second-order valence-corrected chi connectivity index (χ2v) is 8.85. The first kappa shape index (κ1) is 25.1. The lowest BCUT2D eigenvalue weighted by Crippen LogP contribution is -2.39. The van der Waals surface area contributed by atoms with E-state index in [9.17, 15) is 14.4 Å². The molecular weight excluding hydrogens is 480 g/mol. The van der Waals surface area contributed by atoms with E-state index < -0.39 is 18.0 Å². The Bertz CT molecular complexity index is 1490. The van der Waals surface area contributed by atoms with E-state index in [1.165, 1.54) is 15.9 Å². The minimum absolute atomic E-state index is 0.212. The van der Waals surface area contributed by atoms with Crippen molar-refractivity contribution in [3.63, 3.8) is 0 Å². The molecule has 2 aromatic carbocycles. The Morgan fingerprint density at radius 3 is 2.44 bits per heavy atom. The van der Waals surface area contributed by atoms with Gasteiger partial charge in [-0.2, -0.15) is 0 Å². The minimum atomic E-state index is -0.668. The van der Waals surface area contributed by atoms with Gasteiger partial charge >= 0.3 is 11.9 Å². The van der Waals surface area contributed by atoms with Gasteiger partial charge in [-0.05, 0) is 38.5 Å². The standard InChI is InChI=1S/C27H26N2O6S/c1-4-33-22(30)16-35-20-14-10-9-13-19(20)15-21-25(31)29-24(18-11-7-6-8-12-18)23(26(32)34-5-2)17(3)28-27(29)36-21/h6-15,24H,4-5,16H2,1-3H3/b21-15-/t24-/m0/s1. The first-order chi connectivity index (χ1) is 17.4. The Balaban J connectivity index is 1.83. The zero-order chi connectivity index (χ0) is 25.7. The fourth-order valence-electron chi connectivity index (χ4n) is 3.95. The van der Waals surface area contributed by atoms with Crippen LogP contribution in [0.5, 0.6) is 5.75 Å². The fourth-order valence-corrected chi connectivity index (χ4v) is 4.99. The third kappa shape index (κ3) is 5.16. The molecule has 0 saturated carbocycles. The molecule has 1 atom stereocenters. The predicted octanol–water partition coefficient (Wildman–Crippen LogP) is 2.74. The molecule has 1 aromatic heterocycles. The van der Waals surface area contributed by atoms with E-state index in [-0.39, 0.29) is 25.4 Å². The maximum atomic E-state index is 13.7. The molecule has 0 radical (unpaired) electrons. The first-order valence-electron chi connectivity index (χ1n) is 11.6. The lowest BCUT2D eigenvalue weighted by molar-refractivity contribution is -0.145. The lowest BCUT2D eigenvalue weighted by atomic mass is 9.96. The smallest absolute Gasteiger partial charge is 0.344 e. The van der Waals surface area contributed by atoms with Crippen LogP contribution in [0.1, 0.15) is 37.9 Å². The Kier molecular flexibility index (Phi) is 7.80. The van der Waals surface area contributed by atoms with Crippen molar-refractivity contribution in [2.75, 3.05) is 19.8 Å². The number of nitrogens with zero attached hydrogens (tertiary/aromatic N) is 2. The maximum Gasteiger partial charge on any atom is 0.344 e. The van der Waals surface area contributed by atoms with E-state index >= 15 is 0 Å². The molecule has 0 unspecified atom stereocenters. The molecule has 0 spiro atoms. The van der Waals surface area contributed by atoms with E-state index in [4.69, 9.17) is 14.2 Å². The van der Waals surface area contributed by atoms with E-state index in [0.29, 0.717) is 31.9 Å². The number of hydrogen-bond acceptors (Lipinski definition) is 8. The molecule has 1 aliphatic heterocycles. The Morgan fingerprint density at radius 1 is 1.03 bits per heavy atom. The third-order valence-corrected chi connectivity index (χ3v) is 6.47. The van der Waals surface area contributed by atoms with E-state index in [2.05, 4.69) is 4.99 Å². The average Bonchev–Trinajstić information content (AvgIpc) is 3.17. The number of para-hydroxylation sites is 1. The highest BCUT2D eigenvalue weighted by Crippen LogP contribution is 2.30. The number of carbonyl (C=O) groups is 2. The zero-order valence-corrected chi connectivity index (χ0v) is 21.0. The molecule has 9 heteroatoms. The molecule has 0 N–H and O–H groups in total. The number of allylic oxidation sites excluding steroid dienone is 1. The second-order valence-electron chi connectivity index (χ2n) is 7.84. The van der Waals surface area contributed by atoms with Crippen LogP contribution in [0, 0.1) is 0 Å². The summed E-state index contributed by atoms with van der Waals surface area (Å²) in [5.74, 6) is -0.532. The van der Waals surface area contributed by atoms with Gasteiger partial charge in [0.05, 0.1) is 35.1 Å².